The molecule has 104 valence electrons. The van der Waals surface area contributed by atoms with Gasteiger partial charge in [-0.15, -0.1) is 0 Å². The molecule has 0 radical (unpaired) electrons. The van der Waals surface area contributed by atoms with Gasteiger partial charge < -0.3 is 15.7 Å². The van der Waals surface area contributed by atoms with E-state index in [0.717, 1.165) is 5.56 Å². The number of ether oxygens (including phenoxy) is 1. The summed E-state index contributed by atoms with van der Waals surface area (Å²) in [6.07, 6.45) is 1.54. The molecule has 0 spiro atoms. The van der Waals surface area contributed by atoms with Gasteiger partial charge in [0.2, 0.25) is 5.88 Å². The second-order valence-corrected chi connectivity index (χ2v) is 4.82. The highest BCUT2D eigenvalue weighted by Gasteiger charge is 2.15. The van der Waals surface area contributed by atoms with E-state index >= 15 is 0 Å². The highest BCUT2D eigenvalue weighted by molar-refractivity contribution is 9.10. The number of aryl methyl sites for hydroxylation is 1. The summed E-state index contributed by atoms with van der Waals surface area (Å²) in [4.78, 5) is 4.06. The maximum Gasteiger partial charge on any atom is 0.230 e. The average molecular weight is 340 g/mol. The zero-order valence-electron chi connectivity index (χ0n) is 10.5. The Morgan fingerprint density at radius 2 is 2.20 bits per heavy atom. The third-order valence-corrected chi connectivity index (χ3v) is 3.21. The summed E-state index contributed by atoms with van der Waals surface area (Å²) < 4.78 is 19.1. The van der Waals surface area contributed by atoms with Crippen LogP contribution in [-0.4, -0.2) is 16.0 Å². The van der Waals surface area contributed by atoms with Crippen LogP contribution < -0.4 is 10.5 Å². The Bertz CT molecular complexity index is 677. The zero-order chi connectivity index (χ0) is 14.7. The molecule has 5 nitrogen and oxygen atoms in total. The van der Waals surface area contributed by atoms with Crippen molar-refractivity contribution >= 4 is 21.8 Å². The van der Waals surface area contributed by atoms with Gasteiger partial charge in [-0.2, -0.15) is 0 Å². The summed E-state index contributed by atoms with van der Waals surface area (Å²) in [6.45, 7) is 1.78. The van der Waals surface area contributed by atoms with E-state index in [-0.39, 0.29) is 11.7 Å². The second-order valence-electron chi connectivity index (χ2n) is 3.97. The highest BCUT2D eigenvalue weighted by atomic mass is 79.9. The highest BCUT2D eigenvalue weighted by Crippen LogP contribution is 2.31. The lowest BCUT2D eigenvalue weighted by molar-refractivity contribution is 0.318. The lowest BCUT2D eigenvalue weighted by Gasteiger charge is -2.12. The number of pyridine rings is 1. The third kappa shape index (κ3) is 2.88. The first-order valence-electron chi connectivity index (χ1n) is 5.59. The van der Waals surface area contributed by atoms with Crippen molar-refractivity contribution in [3.8, 4) is 11.6 Å². The van der Waals surface area contributed by atoms with Gasteiger partial charge in [0.1, 0.15) is 11.6 Å². The van der Waals surface area contributed by atoms with Crippen molar-refractivity contribution in [3.63, 3.8) is 0 Å². The number of hydrogen-bond donors (Lipinski definition) is 2. The first-order valence-corrected chi connectivity index (χ1v) is 6.38. The van der Waals surface area contributed by atoms with Gasteiger partial charge in [0.25, 0.3) is 0 Å². The van der Waals surface area contributed by atoms with Crippen LogP contribution in [0, 0.1) is 12.7 Å². The monoisotopic (exact) mass is 339 g/mol. The zero-order valence-corrected chi connectivity index (χ0v) is 12.1. The smallest absolute Gasteiger partial charge is 0.230 e. The molecule has 1 aromatic heterocycles. The molecule has 0 saturated heterocycles. The molecule has 0 unspecified atom stereocenters. The lowest BCUT2D eigenvalue weighted by atomic mass is 10.1. The predicted molar refractivity (Wildman–Crippen MR) is 75.7 cm³/mol. The van der Waals surface area contributed by atoms with Crippen molar-refractivity contribution in [3.05, 3.63) is 51.9 Å². The largest absolute Gasteiger partial charge is 0.437 e. The number of hydrogen-bond acceptors (Lipinski definition) is 4. The number of oxime groups is 1. The second kappa shape index (κ2) is 5.87. The molecule has 2 aromatic rings. The number of aromatic nitrogens is 1. The molecule has 0 bridgehead atoms. The normalized spacial score (nSPS) is 11.4. The number of nitrogens with two attached hydrogens (primary N) is 1. The fourth-order valence-electron chi connectivity index (χ4n) is 1.63. The molecular weight excluding hydrogens is 329 g/mol. The first kappa shape index (κ1) is 14.3. The number of rotatable bonds is 3. The molecule has 1 heterocycles. The minimum Gasteiger partial charge on any atom is -0.437 e. The Kier molecular flexibility index (Phi) is 4.19. The molecule has 20 heavy (non-hydrogen) atoms. The predicted octanol–water partition coefficient (Wildman–Crippen LogP) is 3.18. The van der Waals surface area contributed by atoms with Gasteiger partial charge in [-0.25, -0.2) is 9.37 Å². The van der Waals surface area contributed by atoms with E-state index in [2.05, 4.69) is 26.1 Å². The van der Waals surface area contributed by atoms with E-state index < -0.39 is 5.82 Å². The van der Waals surface area contributed by atoms with Crippen molar-refractivity contribution < 1.29 is 14.3 Å². The molecule has 0 atom stereocenters. The Morgan fingerprint density at radius 3 is 2.85 bits per heavy atom. The van der Waals surface area contributed by atoms with E-state index in [4.69, 9.17) is 15.7 Å². The molecule has 0 aliphatic rings. The number of benzene rings is 1. The minimum absolute atomic E-state index is 0.108. The standard InChI is InChI=1S/C13H11BrFN3O2/c1-7-4-5-17-13(11(7)12(16)18-19)20-10-3-2-8(15)6-9(10)14/h2-6,19H,1H3,(H2,16,18). The van der Waals surface area contributed by atoms with Crippen LogP contribution in [0.15, 0.2) is 40.1 Å². The van der Waals surface area contributed by atoms with Crippen LogP contribution in [0.5, 0.6) is 11.6 Å². The third-order valence-electron chi connectivity index (χ3n) is 2.59. The number of nitrogens with zero attached hydrogens (tertiary/aromatic N) is 2. The van der Waals surface area contributed by atoms with Gasteiger partial charge in [0.05, 0.1) is 10.0 Å². The van der Waals surface area contributed by atoms with Crippen molar-refractivity contribution in [2.75, 3.05) is 0 Å². The van der Waals surface area contributed by atoms with Crippen LogP contribution in [0.2, 0.25) is 0 Å². The molecule has 0 saturated carbocycles. The van der Waals surface area contributed by atoms with Gasteiger partial charge in [-0.05, 0) is 52.7 Å². The van der Waals surface area contributed by atoms with E-state index in [1.807, 2.05) is 0 Å². The van der Waals surface area contributed by atoms with Crippen LogP contribution in [-0.2, 0) is 0 Å². The summed E-state index contributed by atoms with van der Waals surface area (Å²) in [5, 5.41) is 11.8. The van der Waals surface area contributed by atoms with Crippen molar-refractivity contribution in [2.45, 2.75) is 6.92 Å². The van der Waals surface area contributed by atoms with Gasteiger partial charge in [0, 0.05) is 6.20 Å². The first-order chi connectivity index (χ1) is 9.52. The number of halogens is 2. The van der Waals surface area contributed by atoms with Crippen LogP contribution in [0.25, 0.3) is 0 Å². The molecule has 0 aliphatic carbocycles. The Labute approximate surface area is 123 Å². The van der Waals surface area contributed by atoms with Crippen LogP contribution in [0.3, 0.4) is 0 Å². The quantitative estimate of drug-likeness (QED) is 0.389. The summed E-state index contributed by atoms with van der Waals surface area (Å²) in [5.74, 6) is 0.0472. The fourth-order valence-corrected chi connectivity index (χ4v) is 2.07. The van der Waals surface area contributed by atoms with Crippen molar-refractivity contribution in [1.29, 1.82) is 0 Å². The summed E-state index contributed by atoms with van der Waals surface area (Å²) in [7, 11) is 0. The Hall–Kier alpha value is -2.15. The number of amidine groups is 1. The molecule has 1 aromatic carbocycles. The van der Waals surface area contributed by atoms with E-state index in [9.17, 15) is 4.39 Å². The molecule has 0 fully saturated rings. The molecule has 2 rings (SSSR count). The fraction of sp³-hybridized carbons (Fsp3) is 0.0769. The van der Waals surface area contributed by atoms with Gasteiger partial charge >= 0.3 is 0 Å². The average Bonchev–Trinajstić information content (AvgIpc) is 2.41. The van der Waals surface area contributed by atoms with Gasteiger partial charge in [-0.3, -0.25) is 0 Å². The lowest BCUT2D eigenvalue weighted by Crippen LogP contribution is -2.16. The molecule has 0 aliphatic heterocycles. The Morgan fingerprint density at radius 1 is 1.45 bits per heavy atom. The summed E-state index contributed by atoms with van der Waals surface area (Å²) in [5.41, 5.74) is 6.74. The molecule has 3 N–H and O–H groups in total. The van der Waals surface area contributed by atoms with Crippen LogP contribution in [0.1, 0.15) is 11.1 Å². The van der Waals surface area contributed by atoms with Crippen molar-refractivity contribution in [1.82, 2.24) is 4.98 Å². The van der Waals surface area contributed by atoms with Crippen molar-refractivity contribution in [2.24, 2.45) is 10.9 Å². The maximum absolute atomic E-state index is 13.0. The van der Waals surface area contributed by atoms with E-state index in [1.54, 1.807) is 13.0 Å². The minimum atomic E-state index is -0.391. The van der Waals surface area contributed by atoms with Crippen LogP contribution in [0.4, 0.5) is 4.39 Å². The molecular formula is C13H11BrFN3O2. The van der Waals surface area contributed by atoms with Gasteiger partial charge in [-0.1, -0.05) is 5.16 Å². The van der Waals surface area contributed by atoms with Gasteiger partial charge in [0.15, 0.2) is 5.84 Å². The topological polar surface area (TPSA) is 80.7 Å². The maximum atomic E-state index is 13.0. The molecule has 7 heteroatoms. The molecule has 0 amide bonds. The summed E-state index contributed by atoms with van der Waals surface area (Å²) in [6, 6.07) is 5.70. The Balaban J connectivity index is 2.46. The summed E-state index contributed by atoms with van der Waals surface area (Å²) >= 11 is 3.20. The van der Waals surface area contributed by atoms with E-state index in [0.29, 0.717) is 15.8 Å². The van der Waals surface area contributed by atoms with E-state index in [1.165, 1.54) is 24.4 Å². The SMILES string of the molecule is Cc1ccnc(Oc2ccc(F)cc2Br)c1/C(N)=N/O. The van der Waals surface area contributed by atoms with Crippen LogP contribution >= 0.6 is 15.9 Å².